The molecule has 26 heavy (non-hydrogen) atoms. The maximum absolute atomic E-state index is 12.9. The van der Waals surface area contributed by atoms with Crippen molar-refractivity contribution < 1.29 is 4.79 Å². The molecule has 0 aliphatic rings. The van der Waals surface area contributed by atoms with Gasteiger partial charge in [-0.2, -0.15) is 0 Å². The van der Waals surface area contributed by atoms with Crippen molar-refractivity contribution in [2.75, 3.05) is 6.54 Å². The predicted molar refractivity (Wildman–Crippen MR) is 111 cm³/mol. The van der Waals surface area contributed by atoms with Gasteiger partial charge in [0.1, 0.15) is 10.7 Å². The summed E-state index contributed by atoms with van der Waals surface area (Å²) in [7, 11) is 0. The van der Waals surface area contributed by atoms with E-state index in [1.807, 2.05) is 23.1 Å². The molecule has 0 atom stereocenters. The molecular formula is C19H22ClN3OS2. The minimum atomic E-state index is -0.0297. The highest BCUT2D eigenvalue weighted by Crippen LogP contribution is 2.19. The lowest BCUT2D eigenvalue weighted by Gasteiger charge is -2.21. The number of hydrogen-bond donors (Lipinski definition) is 1. The highest BCUT2D eigenvalue weighted by molar-refractivity contribution is 7.11. The molecule has 0 unspecified atom stereocenters. The van der Waals surface area contributed by atoms with E-state index in [0.29, 0.717) is 25.3 Å². The lowest BCUT2D eigenvalue weighted by molar-refractivity contribution is 0.0741. The van der Waals surface area contributed by atoms with Crippen LogP contribution in [0.15, 0.2) is 47.8 Å². The van der Waals surface area contributed by atoms with E-state index in [0.717, 1.165) is 11.4 Å². The quantitative estimate of drug-likeness (QED) is 0.635. The van der Waals surface area contributed by atoms with Crippen molar-refractivity contribution >= 4 is 41.0 Å². The normalized spacial score (nSPS) is 10.4. The minimum Gasteiger partial charge on any atom is -0.332 e. The molecule has 3 rings (SSSR count). The zero-order valence-electron chi connectivity index (χ0n) is 14.6. The maximum atomic E-state index is 12.9. The topological polar surface area (TPSA) is 59.2 Å². The number of thiophene rings is 1. The SMILES string of the molecule is Cc1ccc(CN(CCc2ccccc2)C(=O)c2csc(CN)n2)s1.Cl. The third-order valence-electron chi connectivity index (χ3n) is 3.89. The highest BCUT2D eigenvalue weighted by Gasteiger charge is 2.19. The Bertz CT molecular complexity index is 832. The van der Waals surface area contributed by atoms with Crippen molar-refractivity contribution in [3.63, 3.8) is 0 Å². The van der Waals surface area contributed by atoms with E-state index < -0.39 is 0 Å². The number of thiazole rings is 1. The molecule has 0 saturated heterocycles. The molecule has 0 spiro atoms. The van der Waals surface area contributed by atoms with Crippen molar-refractivity contribution in [3.8, 4) is 0 Å². The molecule has 0 bridgehead atoms. The Labute approximate surface area is 168 Å². The smallest absolute Gasteiger partial charge is 0.273 e. The first-order chi connectivity index (χ1) is 12.2. The van der Waals surface area contributed by atoms with Crippen LogP contribution in [0.1, 0.15) is 30.8 Å². The molecule has 2 heterocycles. The van der Waals surface area contributed by atoms with E-state index in [4.69, 9.17) is 5.73 Å². The first-order valence-electron chi connectivity index (χ1n) is 8.18. The van der Waals surface area contributed by atoms with Gasteiger partial charge in [-0.25, -0.2) is 4.98 Å². The highest BCUT2D eigenvalue weighted by atomic mass is 35.5. The fourth-order valence-electron chi connectivity index (χ4n) is 2.58. The van der Waals surface area contributed by atoms with Crippen LogP contribution in [0.2, 0.25) is 0 Å². The zero-order chi connectivity index (χ0) is 17.6. The van der Waals surface area contributed by atoms with E-state index in [9.17, 15) is 4.79 Å². The first kappa shape index (κ1) is 20.6. The summed E-state index contributed by atoms with van der Waals surface area (Å²) < 4.78 is 0. The number of aromatic nitrogens is 1. The number of nitrogens with two attached hydrogens (primary N) is 1. The Hall–Kier alpha value is -1.73. The van der Waals surface area contributed by atoms with Crippen LogP contribution < -0.4 is 5.73 Å². The van der Waals surface area contributed by atoms with E-state index in [1.165, 1.54) is 26.7 Å². The molecule has 0 saturated carbocycles. The molecular weight excluding hydrogens is 386 g/mol. The second-order valence-electron chi connectivity index (χ2n) is 5.81. The van der Waals surface area contributed by atoms with Gasteiger partial charge in [0.15, 0.2) is 0 Å². The van der Waals surface area contributed by atoms with Crippen LogP contribution in [0.3, 0.4) is 0 Å². The molecule has 0 radical (unpaired) electrons. The molecule has 1 aromatic carbocycles. The molecule has 2 N–H and O–H groups in total. The van der Waals surface area contributed by atoms with Crippen molar-refractivity contribution in [1.29, 1.82) is 0 Å². The number of aryl methyl sites for hydroxylation is 1. The van der Waals surface area contributed by atoms with Crippen LogP contribution >= 0.6 is 35.1 Å². The third kappa shape index (κ3) is 5.38. The third-order valence-corrected chi connectivity index (χ3v) is 5.75. The summed E-state index contributed by atoms with van der Waals surface area (Å²) in [6.07, 6.45) is 0.824. The van der Waals surface area contributed by atoms with Crippen molar-refractivity contribution in [2.24, 2.45) is 5.73 Å². The average molecular weight is 408 g/mol. The van der Waals surface area contributed by atoms with Gasteiger partial charge in [-0.1, -0.05) is 30.3 Å². The van der Waals surface area contributed by atoms with Crippen LogP contribution in [0.5, 0.6) is 0 Å². The molecule has 0 fully saturated rings. The molecule has 7 heteroatoms. The number of halogens is 1. The van der Waals surface area contributed by atoms with Crippen LogP contribution in [-0.4, -0.2) is 22.3 Å². The molecule has 1 amide bonds. The Morgan fingerprint density at radius 2 is 1.96 bits per heavy atom. The summed E-state index contributed by atoms with van der Waals surface area (Å²) in [6.45, 7) is 3.72. The van der Waals surface area contributed by atoms with E-state index in [2.05, 4.69) is 36.2 Å². The fraction of sp³-hybridized carbons (Fsp3) is 0.263. The predicted octanol–water partition coefficient (Wildman–Crippen LogP) is 4.28. The number of carbonyl (C=O) groups is 1. The summed E-state index contributed by atoms with van der Waals surface area (Å²) in [6, 6.07) is 14.4. The minimum absolute atomic E-state index is 0. The average Bonchev–Trinajstić information content (AvgIpc) is 3.27. The van der Waals surface area contributed by atoms with Crippen molar-refractivity contribution in [3.05, 3.63) is 73.9 Å². The van der Waals surface area contributed by atoms with Crippen LogP contribution in [0, 0.1) is 6.92 Å². The molecule has 4 nitrogen and oxygen atoms in total. The number of nitrogens with zero attached hydrogens (tertiary/aromatic N) is 2. The van der Waals surface area contributed by atoms with E-state index in [-0.39, 0.29) is 18.3 Å². The van der Waals surface area contributed by atoms with Crippen molar-refractivity contribution in [2.45, 2.75) is 26.4 Å². The van der Waals surface area contributed by atoms with E-state index >= 15 is 0 Å². The van der Waals surface area contributed by atoms with Gasteiger partial charge in [0.05, 0.1) is 6.54 Å². The lowest BCUT2D eigenvalue weighted by atomic mass is 10.1. The Kier molecular flexibility index (Phi) is 7.78. The van der Waals surface area contributed by atoms with Gasteiger partial charge < -0.3 is 10.6 Å². The second-order valence-corrected chi connectivity index (χ2v) is 8.12. The van der Waals surface area contributed by atoms with Gasteiger partial charge in [-0.15, -0.1) is 35.1 Å². The van der Waals surface area contributed by atoms with Gasteiger partial charge in [-0.3, -0.25) is 4.79 Å². The Morgan fingerprint density at radius 1 is 1.19 bits per heavy atom. The Morgan fingerprint density at radius 3 is 2.58 bits per heavy atom. The monoisotopic (exact) mass is 407 g/mol. The number of rotatable bonds is 7. The van der Waals surface area contributed by atoms with Crippen LogP contribution in [0.4, 0.5) is 0 Å². The maximum Gasteiger partial charge on any atom is 0.273 e. The molecule has 0 aliphatic heterocycles. The van der Waals surface area contributed by atoms with Gasteiger partial charge >= 0.3 is 0 Å². The molecule has 138 valence electrons. The number of benzene rings is 1. The largest absolute Gasteiger partial charge is 0.332 e. The zero-order valence-corrected chi connectivity index (χ0v) is 17.0. The standard InChI is InChI=1S/C19H21N3OS2.ClH/c1-14-7-8-16(25-14)12-22(10-9-15-5-3-2-4-6-15)19(23)17-13-24-18(11-20)21-17;/h2-8,13H,9-12,20H2,1H3;1H. The molecule has 3 aromatic rings. The number of carbonyl (C=O) groups excluding carboxylic acids is 1. The van der Waals surface area contributed by atoms with Crippen LogP contribution in [-0.2, 0) is 19.5 Å². The molecule has 2 aromatic heterocycles. The van der Waals surface area contributed by atoms with Crippen LogP contribution in [0.25, 0.3) is 0 Å². The summed E-state index contributed by atoms with van der Waals surface area (Å²) in [5.74, 6) is -0.0297. The lowest BCUT2D eigenvalue weighted by Crippen LogP contribution is -2.32. The fourth-order valence-corrected chi connectivity index (χ4v) is 4.14. The summed E-state index contributed by atoms with van der Waals surface area (Å²) in [5, 5.41) is 2.60. The van der Waals surface area contributed by atoms with Gasteiger partial charge in [0, 0.05) is 28.2 Å². The summed E-state index contributed by atoms with van der Waals surface area (Å²) >= 11 is 3.17. The number of amides is 1. The van der Waals surface area contributed by atoms with Gasteiger partial charge in [0.2, 0.25) is 0 Å². The van der Waals surface area contributed by atoms with E-state index in [1.54, 1.807) is 16.7 Å². The van der Waals surface area contributed by atoms with Gasteiger partial charge in [0.25, 0.3) is 5.91 Å². The summed E-state index contributed by atoms with van der Waals surface area (Å²) in [4.78, 5) is 21.6. The number of hydrogen-bond acceptors (Lipinski definition) is 5. The Balaban J connectivity index is 0.00000243. The summed E-state index contributed by atoms with van der Waals surface area (Å²) in [5.41, 5.74) is 7.34. The van der Waals surface area contributed by atoms with Gasteiger partial charge in [-0.05, 0) is 31.0 Å². The first-order valence-corrected chi connectivity index (χ1v) is 9.88. The second kappa shape index (κ2) is 9.83. The van der Waals surface area contributed by atoms with Crippen molar-refractivity contribution in [1.82, 2.24) is 9.88 Å². The molecule has 0 aliphatic carbocycles.